The molecule has 4 heteroatoms. The quantitative estimate of drug-likeness (QED) is 0.855. The van der Waals surface area contributed by atoms with Crippen LogP contribution in [0.15, 0.2) is 24.3 Å². The molecule has 1 fully saturated rings. The molecular formula is C15H23N3O. The van der Waals surface area contributed by atoms with Crippen molar-refractivity contribution in [3.8, 4) is 0 Å². The van der Waals surface area contributed by atoms with Gasteiger partial charge < -0.3 is 11.5 Å². The molecule has 19 heavy (non-hydrogen) atoms. The Morgan fingerprint density at radius 2 is 2.00 bits per heavy atom. The summed E-state index contributed by atoms with van der Waals surface area (Å²) in [4.78, 5) is 13.6. The molecule has 1 aliphatic rings. The topological polar surface area (TPSA) is 72.3 Å². The number of rotatable bonds is 4. The van der Waals surface area contributed by atoms with Crippen molar-refractivity contribution in [2.75, 3.05) is 13.1 Å². The van der Waals surface area contributed by atoms with E-state index in [0.717, 1.165) is 19.5 Å². The lowest BCUT2D eigenvalue weighted by Crippen LogP contribution is -2.39. The minimum atomic E-state index is -0.199. The van der Waals surface area contributed by atoms with Gasteiger partial charge in [-0.15, -0.1) is 0 Å². The molecule has 1 aromatic rings. The number of carbonyl (C=O) groups is 1. The highest BCUT2D eigenvalue weighted by atomic mass is 16.1. The molecule has 1 heterocycles. The Hall–Kier alpha value is -1.39. The fraction of sp³-hybridized carbons (Fsp3) is 0.533. The number of aryl methyl sites for hydroxylation is 1. The van der Waals surface area contributed by atoms with Crippen LogP contribution in [0, 0.1) is 12.8 Å². The molecule has 0 radical (unpaired) electrons. The van der Waals surface area contributed by atoms with Gasteiger partial charge >= 0.3 is 0 Å². The zero-order valence-electron chi connectivity index (χ0n) is 11.7. The van der Waals surface area contributed by atoms with Crippen LogP contribution < -0.4 is 11.5 Å². The predicted molar refractivity (Wildman–Crippen MR) is 76.4 cm³/mol. The van der Waals surface area contributed by atoms with Crippen LogP contribution in [0.25, 0.3) is 0 Å². The van der Waals surface area contributed by atoms with Gasteiger partial charge in [-0.3, -0.25) is 9.69 Å². The number of hydrogen-bond donors (Lipinski definition) is 2. The van der Waals surface area contributed by atoms with Crippen molar-refractivity contribution in [2.24, 2.45) is 17.4 Å². The van der Waals surface area contributed by atoms with Gasteiger partial charge in [0.25, 0.3) is 0 Å². The molecule has 2 rings (SSSR count). The summed E-state index contributed by atoms with van der Waals surface area (Å²) in [5.41, 5.74) is 14.0. The first kappa shape index (κ1) is 14.0. The number of nitrogens with zero attached hydrogens (tertiary/aromatic N) is 1. The second-order valence-corrected chi connectivity index (χ2v) is 5.60. The minimum Gasteiger partial charge on any atom is -0.369 e. The summed E-state index contributed by atoms with van der Waals surface area (Å²) in [5, 5.41) is 0. The van der Waals surface area contributed by atoms with Crippen LogP contribution in [-0.4, -0.2) is 29.9 Å². The SMILES string of the molecule is Cc1ccc(C(C(C)N)N2CCC(C(N)=O)C2)cc1. The highest BCUT2D eigenvalue weighted by molar-refractivity contribution is 5.77. The molecule has 104 valence electrons. The van der Waals surface area contributed by atoms with Crippen LogP contribution in [0.4, 0.5) is 0 Å². The molecule has 3 unspecified atom stereocenters. The van der Waals surface area contributed by atoms with Crippen molar-refractivity contribution in [1.29, 1.82) is 0 Å². The maximum Gasteiger partial charge on any atom is 0.221 e. The van der Waals surface area contributed by atoms with Gasteiger partial charge in [-0.25, -0.2) is 0 Å². The summed E-state index contributed by atoms with van der Waals surface area (Å²) in [6.07, 6.45) is 0.838. The molecule has 1 aliphatic heterocycles. The lowest BCUT2D eigenvalue weighted by Gasteiger charge is -2.31. The van der Waals surface area contributed by atoms with E-state index < -0.39 is 0 Å². The number of likely N-dealkylation sites (tertiary alicyclic amines) is 1. The van der Waals surface area contributed by atoms with E-state index in [1.165, 1.54) is 11.1 Å². The standard InChI is InChI=1S/C15H23N3O/c1-10-3-5-12(6-4-10)14(11(2)16)18-8-7-13(9-18)15(17)19/h3-6,11,13-14H,7-9,16H2,1-2H3,(H2,17,19). The van der Waals surface area contributed by atoms with E-state index in [1.807, 2.05) is 6.92 Å². The van der Waals surface area contributed by atoms with Crippen LogP contribution in [0.3, 0.4) is 0 Å². The van der Waals surface area contributed by atoms with Crippen molar-refractivity contribution >= 4 is 5.91 Å². The van der Waals surface area contributed by atoms with Crippen molar-refractivity contribution in [2.45, 2.75) is 32.4 Å². The minimum absolute atomic E-state index is 0.0225. The fourth-order valence-electron chi connectivity index (χ4n) is 2.88. The van der Waals surface area contributed by atoms with Crippen LogP contribution in [0.2, 0.25) is 0 Å². The Kier molecular flexibility index (Phi) is 4.22. The summed E-state index contributed by atoms with van der Waals surface area (Å²) < 4.78 is 0. The average Bonchev–Trinajstić information content (AvgIpc) is 2.81. The van der Waals surface area contributed by atoms with Gasteiger partial charge in [-0.05, 0) is 32.4 Å². The smallest absolute Gasteiger partial charge is 0.221 e. The van der Waals surface area contributed by atoms with Gasteiger partial charge in [0.05, 0.1) is 5.92 Å². The van der Waals surface area contributed by atoms with Crippen LogP contribution in [0.5, 0.6) is 0 Å². The first-order chi connectivity index (χ1) is 8.99. The molecule has 4 N–H and O–H groups in total. The van der Waals surface area contributed by atoms with Crippen molar-refractivity contribution in [3.05, 3.63) is 35.4 Å². The first-order valence-corrected chi connectivity index (χ1v) is 6.84. The number of amides is 1. The predicted octanol–water partition coefficient (Wildman–Crippen LogP) is 1.19. The molecule has 0 saturated carbocycles. The van der Waals surface area contributed by atoms with Gasteiger partial charge in [0, 0.05) is 18.6 Å². The summed E-state index contributed by atoms with van der Waals surface area (Å²) in [5.74, 6) is -0.235. The van der Waals surface area contributed by atoms with Crippen molar-refractivity contribution in [3.63, 3.8) is 0 Å². The Balaban J connectivity index is 2.17. The van der Waals surface area contributed by atoms with E-state index in [4.69, 9.17) is 11.5 Å². The summed E-state index contributed by atoms with van der Waals surface area (Å²) in [7, 11) is 0. The lowest BCUT2D eigenvalue weighted by molar-refractivity contribution is -0.121. The van der Waals surface area contributed by atoms with E-state index in [9.17, 15) is 4.79 Å². The summed E-state index contributed by atoms with van der Waals surface area (Å²) >= 11 is 0. The van der Waals surface area contributed by atoms with Crippen LogP contribution in [-0.2, 0) is 4.79 Å². The van der Waals surface area contributed by atoms with E-state index in [1.54, 1.807) is 0 Å². The van der Waals surface area contributed by atoms with Crippen LogP contribution in [0.1, 0.15) is 30.5 Å². The molecule has 3 atom stereocenters. The molecule has 1 saturated heterocycles. The van der Waals surface area contributed by atoms with E-state index in [0.29, 0.717) is 0 Å². The van der Waals surface area contributed by atoms with E-state index in [-0.39, 0.29) is 23.9 Å². The van der Waals surface area contributed by atoms with E-state index >= 15 is 0 Å². The Labute approximate surface area is 114 Å². The van der Waals surface area contributed by atoms with Gasteiger partial charge in [0.15, 0.2) is 0 Å². The molecule has 0 aromatic heterocycles. The number of hydrogen-bond acceptors (Lipinski definition) is 3. The number of nitrogens with two attached hydrogens (primary N) is 2. The summed E-state index contributed by atoms with van der Waals surface area (Å²) in [6.45, 7) is 5.69. The van der Waals surface area contributed by atoms with Gasteiger partial charge in [0.1, 0.15) is 0 Å². The Bertz CT molecular complexity index is 441. The number of primary amides is 1. The largest absolute Gasteiger partial charge is 0.369 e. The van der Waals surface area contributed by atoms with Crippen molar-refractivity contribution < 1.29 is 4.79 Å². The maximum absolute atomic E-state index is 11.3. The highest BCUT2D eigenvalue weighted by Gasteiger charge is 2.33. The van der Waals surface area contributed by atoms with Gasteiger partial charge in [0.2, 0.25) is 5.91 Å². The van der Waals surface area contributed by atoms with E-state index in [2.05, 4.69) is 36.1 Å². The zero-order valence-corrected chi connectivity index (χ0v) is 11.7. The van der Waals surface area contributed by atoms with Gasteiger partial charge in [-0.2, -0.15) is 0 Å². The molecule has 1 aromatic carbocycles. The third kappa shape index (κ3) is 3.14. The number of benzene rings is 1. The monoisotopic (exact) mass is 261 g/mol. The lowest BCUT2D eigenvalue weighted by atomic mass is 9.98. The Morgan fingerprint density at radius 1 is 1.37 bits per heavy atom. The normalized spacial score (nSPS) is 23.2. The fourth-order valence-corrected chi connectivity index (χ4v) is 2.88. The zero-order chi connectivity index (χ0) is 14.0. The molecule has 1 amide bonds. The third-order valence-electron chi connectivity index (χ3n) is 3.93. The molecule has 0 bridgehead atoms. The second kappa shape index (κ2) is 5.72. The first-order valence-electron chi connectivity index (χ1n) is 6.84. The molecule has 0 aliphatic carbocycles. The van der Waals surface area contributed by atoms with Crippen LogP contribution >= 0.6 is 0 Å². The average molecular weight is 261 g/mol. The third-order valence-corrected chi connectivity index (χ3v) is 3.93. The second-order valence-electron chi connectivity index (χ2n) is 5.60. The highest BCUT2D eigenvalue weighted by Crippen LogP contribution is 2.29. The van der Waals surface area contributed by atoms with Crippen molar-refractivity contribution in [1.82, 2.24) is 4.90 Å². The molecule has 4 nitrogen and oxygen atoms in total. The van der Waals surface area contributed by atoms with Gasteiger partial charge in [-0.1, -0.05) is 29.8 Å². The maximum atomic E-state index is 11.3. The molecular weight excluding hydrogens is 238 g/mol. The Morgan fingerprint density at radius 3 is 2.47 bits per heavy atom. The molecule has 0 spiro atoms. The summed E-state index contributed by atoms with van der Waals surface area (Å²) in [6, 6.07) is 8.64. The number of carbonyl (C=O) groups excluding carboxylic acids is 1.